The van der Waals surface area contributed by atoms with Crippen molar-refractivity contribution in [2.45, 2.75) is 64.0 Å². The van der Waals surface area contributed by atoms with Gasteiger partial charge in [-0.2, -0.15) is 0 Å². The number of ether oxygens (including phenoxy) is 2. The summed E-state index contributed by atoms with van der Waals surface area (Å²) in [4.78, 5) is 50.0. The molecule has 2 saturated heterocycles. The van der Waals surface area contributed by atoms with Crippen LogP contribution in [0.5, 0.6) is 5.75 Å². The van der Waals surface area contributed by atoms with Crippen LogP contribution in [0.2, 0.25) is 0 Å². The molecule has 12 nitrogen and oxygen atoms in total. The van der Waals surface area contributed by atoms with E-state index in [1.54, 1.807) is 42.3 Å². The van der Waals surface area contributed by atoms with Gasteiger partial charge in [-0.3, -0.25) is 9.59 Å². The number of methoxy groups -OCH3 is 1. The van der Waals surface area contributed by atoms with Crippen LogP contribution in [0.1, 0.15) is 78.8 Å². The first-order chi connectivity index (χ1) is 22.4. The largest absolute Gasteiger partial charge is 0.497 e. The predicted molar refractivity (Wildman–Crippen MR) is 176 cm³/mol. The van der Waals surface area contributed by atoms with Crippen LogP contribution in [0, 0.1) is 5.82 Å². The van der Waals surface area contributed by atoms with E-state index in [0.717, 1.165) is 18.4 Å². The van der Waals surface area contributed by atoms with Gasteiger partial charge in [0.25, 0.3) is 11.8 Å². The van der Waals surface area contributed by atoms with Crippen LogP contribution in [0.4, 0.5) is 26.5 Å². The SMILES string of the molecule is COc1ccc(C(=O)NC2CCCN(c3cnc(C(N)=O)c(Nc4ccc(C5CCN(C(=O)OC(C)(C)C)CC5)cc4F)n3)C2)cc1. The Hall–Kier alpha value is -4.94. The van der Waals surface area contributed by atoms with Gasteiger partial charge in [0.05, 0.1) is 19.0 Å². The highest BCUT2D eigenvalue weighted by atomic mass is 19.1. The molecule has 1 aromatic heterocycles. The van der Waals surface area contributed by atoms with Crippen LogP contribution >= 0.6 is 0 Å². The third kappa shape index (κ3) is 8.46. The molecule has 2 aliphatic rings. The molecule has 250 valence electrons. The second-order valence-electron chi connectivity index (χ2n) is 12.9. The van der Waals surface area contributed by atoms with E-state index in [1.807, 2.05) is 31.7 Å². The van der Waals surface area contributed by atoms with Crippen molar-refractivity contribution in [2.24, 2.45) is 5.73 Å². The summed E-state index contributed by atoms with van der Waals surface area (Å²) in [6.45, 7) is 7.68. The van der Waals surface area contributed by atoms with Crippen LogP contribution in [-0.4, -0.2) is 77.7 Å². The quantitative estimate of drug-likeness (QED) is 0.307. The van der Waals surface area contributed by atoms with Crippen LogP contribution < -0.4 is 26.0 Å². The number of likely N-dealkylation sites (tertiary alicyclic amines) is 1. The number of amides is 3. The van der Waals surface area contributed by atoms with Gasteiger partial charge in [0, 0.05) is 37.8 Å². The Morgan fingerprint density at radius 1 is 1.02 bits per heavy atom. The fraction of sp³-hybridized carbons (Fsp3) is 0.441. The molecule has 1 atom stereocenters. The summed E-state index contributed by atoms with van der Waals surface area (Å²) in [5.41, 5.74) is 6.38. The lowest BCUT2D eigenvalue weighted by Gasteiger charge is -2.34. The van der Waals surface area contributed by atoms with Gasteiger partial charge in [0.1, 0.15) is 23.0 Å². The lowest BCUT2D eigenvalue weighted by atomic mass is 9.89. The second kappa shape index (κ2) is 14.2. The molecule has 0 saturated carbocycles. The average Bonchev–Trinajstić information content (AvgIpc) is 3.05. The van der Waals surface area contributed by atoms with E-state index in [0.29, 0.717) is 56.2 Å². The zero-order valence-corrected chi connectivity index (χ0v) is 27.2. The number of anilines is 3. The number of nitrogens with zero attached hydrogens (tertiary/aromatic N) is 4. The Bertz CT molecular complexity index is 1600. The summed E-state index contributed by atoms with van der Waals surface area (Å²) in [6, 6.07) is 11.7. The van der Waals surface area contributed by atoms with E-state index in [1.165, 1.54) is 12.3 Å². The Kier molecular flexibility index (Phi) is 10.1. The third-order valence-electron chi connectivity index (χ3n) is 8.29. The number of halogens is 1. The molecule has 1 unspecified atom stereocenters. The van der Waals surface area contributed by atoms with E-state index in [-0.39, 0.29) is 41.2 Å². The number of hydrogen-bond acceptors (Lipinski definition) is 9. The van der Waals surface area contributed by atoms with Crippen molar-refractivity contribution in [3.8, 4) is 5.75 Å². The van der Waals surface area contributed by atoms with Crippen molar-refractivity contribution in [2.75, 3.05) is 43.5 Å². The van der Waals surface area contributed by atoms with Crippen molar-refractivity contribution in [1.29, 1.82) is 0 Å². The number of piperidine rings is 2. The minimum atomic E-state index is -0.802. The second-order valence-corrected chi connectivity index (χ2v) is 12.9. The van der Waals surface area contributed by atoms with E-state index in [9.17, 15) is 14.4 Å². The fourth-order valence-corrected chi connectivity index (χ4v) is 5.85. The molecule has 0 bridgehead atoms. The van der Waals surface area contributed by atoms with Crippen molar-refractivity contribution >= 4 is 35.2 Å². The molecule has 3 amide bonds. The Morgan fingerprint density at radius 2 is 1.74 bits per heavy atom. The van der Waals surface area contributed by atoms with Gasteiger partial charge in [0.2, 0.25) is 0 Å². The number of nitrogens with two attached hydrogens (primary N) is 1. The summed E-state index contributed by atoms with van der Waals surface area (Å²) >= 11 is 0. The molecular formula is C34H42FN7O5. The van der Waals surface area contributed by atoms with Crippen molar-refractivity contribution in [3.05, 3.63) is 71.3 Å². The zero-order chi connectivity index (χ0) is 33.7. The highest BCUT2D eigenvalue weighted by Gasteiger charge is 2.29. The van der Waals surface area contributed by atoms with E-state index < -0.39 is 17.3 Å². The van der Waals surface area contributed by atoms with Gasteiger partial charge < -0.3 is 35.6 Å². The maximum Gasteiger partial charge on any atom is 0.410 e. The maximum absolute atomic E-state index is 15.5. The monoisotopic (exact) mass is 647 g/mol. The molecule has 13 heteroatoms. The highest BCUT2D eigenvalue weighted by Crippen LogP contribution is 2.32. The molecular weight excluding hydrogens is 605 g/mol. The Morgan fingerprint density at radius 3 is 2.38 bits per heavy atom. The van der Waals surface area contributed by atoms with E-state index in [2.05, 4.69) is 20.6 Å². The number of carbonyl (C=O) groups is 3. The van der Waals surface area contributed by atoms with Gasteiger partial charge in [-0.25, -0.2) is 19.2 Å². The van der Waals surface area contributed by atoms with Gasteiger partial charge in [0.15, 0.2) is 11.5 Å². The molecule has 2 aliphatic heterocycles. The normalized spacial score (nSPS) is 17.2. The van der Waals surface area contributed by atoms with Crippen LogP contribution in [0.15, 0.2) is 48.7 Å². The van der Waals surface area contributed by atoms with E-state index >= 15 is 4.39 Å². The fourth-order valence-electron chi connectivity index (χ4n) is 5.85. The number of rotatable bonds is 8. The lowest BCUT2D eigenvalue weighted by molar-refractivity contribution is 0.0204. The number of nitrogens with one attached hydrogen (secondary N) is 2. The summed E-state index contributed by atoms with van der Waals surface area (Å²) in [5.74, 6) is -0.252. The first-order valence-electron chi connectivity index (χ1n) is 15.8. The summed E-state index contributed by atoms with van der Waals surface area (Å²) in [5, 5.41) is 6.00. The molecule has 4 N–H and O–H groups in total. The molecule has 2 fully saturated rings. The highest BCUT2D eigenvalue weighted by molar-refractivity contribution is 5.96. The molecule has 3 aromatic rings. The van der Waals surface area contributed by atoms with E-state index in [4.69, 9.17) is 15.2 Å². The van der Waals surface area contributed by atoms with Crippen LogP contribution in [0.25, 0.3) is 0 Å². The third-order valence-corrected chi connectivity index (χ3v) is 8.29. The Labute approximate surface area is 273 Å². The van der Waals surface area contributed by atoms with Gasteiger partial charge in [-0.1, -0.05) is 6.07 Å². The van der Waals surface area contributed by atoms with Gasteiger partial charge >= 0.3 is 6.09 Å². The minimum absolute atomic E-state index is 0.0386. The number of benzene rings is 2. The zero-order valence-electron chi connectivity index (χ0n) is 27.2. The average molecular weight is 648 g/mol. The van der Waals surface area contributed by atoms with Crippen molar-refractivity contribution in [3.63, 3.8) is 0 Å². The molecule has 0 aliphatic carbocycles. The van der Waals surface area contributed by atoms with Crippen LogP contribution in [-0.2, 0) is 4.74 Å². The molecule has 0 radical (unpaired) electrons. The maximum atomic E-state index is 15.5. The molecule has 3 heterocycles. The molecule has 47 heavy (non-hydrogen) atoms. The first-order valence-corrected chi connectivity index (χ1v) is 15.8. The van der Waals surface area contributed by atoms with Gasteiger partial charge in [-0.05, 0) is 94.3 Å². The summed E-state index contributed by atoms with van der Waals surface area (Å²) < 4.78 is 26.1. The molecule has 2 aromatic carbocycles. The number of aromatic nitrogens is 2. The summed E-state index contributed by atoms with van der Waals surface area (Å²) in [6.07, 6.45) is 4.07. The number of carbonyl (C=O) groups excluding carboxylic acids is 3. The topological polar surface area (TPSA) is 152 Å². The van der Waals surface area contributed by atoms with Gasteiger partial charge in [-0.15, -0.1) is 0 Å². The first kappa shape index (κ1) is 33.4. The van der Waals surface area contributed by atoms with Crippen LogP contribution in [0.3, 0.4) is 0 Å². The predicted octanol–water partition coefficient (Wildman–Crippen LogP) is 4.98. The number of hydrogen-bond donors (Lipinski definition) is 3. The lowest BCUT2D eigenvalue weighted by Crippen LogP contribution is -2.48. The molecule has 5 rings (SSSR count). The Balaban J connectivity index is 1.25. The minimum Gasteiger partial charge on any atom is -0.497 e. The van der Waals surface area contributed by atoms with Crippen molar-refractivity contribution < 1.29 is 28.2 Å². The number of primary amides is 1. The summed E-state index contributed by atoms with van der Waals surface area (Å²) in [7, 11) is 1.57. The smallest absolute Gasteiger partial charge is 0.410 e. The molecule has 0 spiro atoms. The van der Waals surface area contributed by atoms with Crippen molar-refractivity contribution in [1.82, 2.24) is 20.2 Å². The standard InChI is InChI=1S/C34H42FN7O5/c1-34(2,3)47-33(45)41-16-13-21(14-17-41)23-9-12-27(26(35)18-23)39-31-29(30(36)43)37-19-28(40-31)42-15-5-6-24(20-42)38-32(44)22-7-10-25(46-4)11-8-22/h7-12,18-19,21,24H,5-6,13-17,20H2,1-4H3,(H2,36,43)(H,38,44)(H,39,40).